The van der Waals surface area contributed by atoms with Gasteiger partial charge in [0.15, 0.2) is 0 Å². The zero-order chi connectivity index (χ0) is 13.0. The molecule has 0 spiro atoms. The van der Waals surface area contributed by atoms with Gasteiger partial charge in [-0.1, -0.05) is 30.3 Å². The van der Waals surface area contributed by atoms with Crippen molar-refractivity contribution >= 4 is 30.1 Å². The van der Waals surface area contributed by atoms with E-state index in [2.05, 4.69) is 12.2 Å². The molecule has 1 saturated heterocycles. The number of nitrogens with one attached hydrogen (secondary N) is 1. The Hall–Kier alpha value is -0.710. The highest BCUT2D eigenvalue weighted by atomic mass is 35.5. The van der Waals surface area contributed by atoms with Crippen LogP contribution in [0.3, 0.4) is 0 Å². The molecule has 1 aromatic carbocycles. The first kappa shape index (κ1) is 16.3. The molecule has 0 radical (unpaired) electrons. The third-order valence-corrected chi connectivity index (χ3v) is 4.19. The standard InChI is InChI=1S/C14H20N2OS.ClH/c1-11-10-16(9-8-15-11)14(17)13(18-2)12-6-4-3-5-7-12;/h3-7,11,13,15H,8-10H2,1-2H3;1H. The van der Waals surface area contributed by atoms with Gasteiger partial charge in [0.25, 0.3) is 0 Å². The Labute approximate surface area is 125 Å². The Kier molecular flexibility index (Phi) is 6.69. The molecule has 2 atom stereocenters. The molecule has 1 heterocycles. The van der Waals surface area contributed by atoms with Crippen molar-refractivity contribution < 1.29 is 4.79 Å². The fourth-order valence-corrected chi connectivity index (χ4v) is 3.09. The zero-order valence-corrected chi connectivity index (χ0v) is 13.0. The van der Waals surface area contributed by atoms with Crippen LogP contribution in [0, 0.1) is 0 Å². The number of benzene rings is 1. The summed E-state index contributed by atoms with van der Waals surface area (Å²) >= 11 is 1.61. The summed E-state index contributed by atoms with van der Waals surface area (Å²) in [6, 6.07) is 10.4. The summed E-state index contributed by atoms with van der Waals surface area (Å²) in [6.07, 6.45) is 2.00. The van der Waals surface area contributed by atoms with Gasteiger partial charge in [0.05, 0.1) is 0 Å². The maximum absolute atomic E-state index is 12.6. The fraction of sp³-hybridized carbons (Fsp3) is 0.500. The van der Waals surface area contributed by atoms with Crippen LogP contribution >= 0.6 is 24.2 Å². The van der Waals surface area contributed by atoms with E-state index in [0.29, 0.717) is 6.04 Å². The van der Waals surface area contributed by atoms with Crippen LogP contribution in [-0.2, 0) is 4.79 Å². The first-order valence-electron chi connectivity index (χ1n) is 6.32. The number of hydrogen-bond acceptors (Lipinski definition) is 3. The van der Waals surface area contributed by atoms with Gasteiger partial charge in [0.2, 0.25) is 5.91 Å². The predicted octanol–water partition coefficient (Wildman–Crippen LogP) is 2.33. The number of rotatable bonds is 3. The smallest absolute Gasteiger partial charge is 0.240 e. The van der Waals surface area contributed by atoms with Crippen LogP contribution in [0.15, 0.2) is 30.3 Å². The summed E-state index contributed by atoms with van der Waals surface area (Å²) in [6.45, 7) is 4.63. The van der Waals surface area contributed by atoms with E-state index in [-0.39, 0.29) is 23.6 Å². The molecule has 19 heavy (non-hydrogen) atoms. The molecule has 0 aliphatic carbocycles. The second-order valence-corrected chi connectivity index (χ2v) is 5.61. The minimum atomic E-state index is -0.0727. The second-order valence-electron chi connectivity index (χ2n) is 4.67. The SMILES string of the molecule is CSC(C(=O)N1CCNC(C)C1)c1ccccc1.Cl. The molecule has 0 saturated carbocycles. The lowest BCUT2D eigenvalue weighted by Gasteiger charge is -2.34. The van der Waals surface area contributed by atoms with E-state index in [4.69, 9.17) is 0 Å². The summed E-state index contributed by atoms with van der Waals surface area (Å²) in [5, 5.41) is 3.29. The number of hydrogen-bond donors (Lipinski definition) is 1. The van der Waals surface area contributed by atoms with Crippen molar-refractivity contribution in [2.24, 2.45) is 0 Å². The maximum Gasteiger partial charge on any atom is 0.240 e. The third-order valence-electron chi connectivity index (χ3n) is 3.24. The Morgan fingerprint density at radius 3 is 2.68 bits per heavy atom. The number of carbonyl (C=O) groups excluding carboxylic acids is 1. The Morgan fingerprint density at radius 2 is 2.11 bits per heavy atom. The summed E-state index contributed by atoms with van der Waals surface area (Å²) in [4.78, 5) is 14.5. The van der Waals surface area contributed by atoms with Gasteiger partial charge in [-0.05, 0) is 18.7 Å². The highest BCUT2D eigenvalue weighted by molar-refractivity contribution is 7.99. The molecule has 1 aliphatic heterocycles. The van der Waals surface area contributed by atoms with Gasteiger partial charge in [-0.15, -0.1) is 24.2 Å². The van der Waals surface area contributed by atoms with E-state index in [1.165, 1.54) is 0 Å². The van der Waals surface area contributed by atoms with E-state index in [1.807, 2.05) is 41.5 Å². The first-order chi connectivity index (χ1) is 8.72. The number of carbonyl (C=O) groups is 1. The van der Waals surface area contributed by atoms with E-state index >= 15 is 0 Å². The van der Waals surface area contributed by atoms with Crippen LogP contribution in [0.2, 0.25) is 0 Å². The quantitative estimate of drug-likeness (QED) is 0.930. The largest absolute Gasteiger partial charge is 0.339 e. The lowest BCUT2D eigenvalue weighted by molar-refractivity contribution is -0.131. The van der Waals surface area contributed by atoms with Crippen molar-refractivity contribution in [3.8, 4) is 0 Å². The molecule has 3 nitrogen and oxygen atoms in total. The number of amides is 1. The monoisotopic (exact) mass is 300 g/mol. The minimum absolute atomic E-state index is 0. The molecule has 1 amide bonds. The molecule has 1 aromatic rings. The Bertz CT molecular complexity index is 402. The van der Waals surface area contributed by atoms with Crippen molar-refractivity contribution in [2.45, 2.75) is 18.2 Å². The first-order valence-corrected chi connectivity index (χ1v) is 7.61. The molecule has 2 rings (SSSR count). The van der Waals surface area contributed by atoms with Gasteiger partial charge in [-0.2, -0.15) is 0 Å². The molecule has 0 bridgehead atoms. The van der Waals surface area contributed by atoms with Crippen molar-refractivity contribution in [1.82, 2.24) is 10.2 Å². The van der Waals surface area contributed by atoms with E-state index in [0.717, 1.165) is 25.2 Å². The van der Waals surface area contributed by atoms with Crippen LogP contribution in [0.5, 0.6) is 0 Å². The van der Waals surface area contributed by atoms with Crippen LogP contribution < -0.4 is 5.32 Å². The lowest BCUT2D eigenvalue weighted by Crippen LogP contribution is -2.52. The van der Waals surface area contributed by atoms with Gasteiger partial charge >= 0.3 is 0 Å². The average molecular weight is 301 g/mol. The molecule has 1 fully saturated rings. The van der Waals surface area contributed by atoms with Crippen molar-refractivity contribution in [3.05, 3.63) is 35.9 Å². The minimum Gasteiger partial charge on any atom is -0.339 e. The third kappa shape index (κ3) is 4.13. The highest BCUT2D eigenvalue weighted by Crippen LogP contribution is 2.28. The van der Waals surface area contributed by atoms with Crippen molar-refractivity contribution in [1.29, 1.82) is 0 Å². The van der Waals surface area contributed by atoms with Gasteiger partial charge in [-0.3, -0.25) is 4.79 Å². The molecule has 1 N–H and O–H groups in total. The molecule has 0 aromatic heterocycles. The summed E-state index contributed by atoms with van der Waals surface area (Å²) < 4.78 is 0. The fourth-order valence-electron chi connectivity index (χ4n) is 2.31. The number of nitrogens with zero attached hydrogens (tertiary/aromatic N) is 1. The summed E-state index contributed by atoms with van der Waals surface area (Å²) in [5.41, 5.74) is 1.10. The van der Waals surface area contributed by atoms with E-state index in [1.54, 1.807) is 11.8 Å². The molecular weight excluding hydrogens is 280 g/mol. The summed E-state index contributed by atoms with van der Waals surface area (Å²) in [5.74, 6) is 0.238. The van der Waals surface area contributed by atoms with Crippen LogP contribution in [-0.4, -0.2) is 42.7 Å². The summed E-state index contributed by atoms with van der Waals surface area (Å²) in [7, 11) is 0. The zero-order valence-electron chi connectivity index (χ0n) is 11.3. The van der Waals surface area contributed by atoms with E-state index < -0.39 is 0 Å². The number of piperazine rings is 1. The van der Waals surface area contributed by atoms with Crippen LogP contribution in [0.1, 0.15) is 17.7 Å². The molecular formula is C14H21ClN2OS. The molecule has 5 heteroatoms. The maximum atomic E-state index is 12.6. The van der Waals surface area contributed by atoms with Crippen molar-refractivity contribution in [3.63, 3.8) is 0 Å². The second kappa shape index (κ2) is 7.78. The van der Waals surface area contributed by atoms with Gasteiger partial charge in [0.1, 0.15) is 5.25 Å². The lowest BCUT2D eigenvalue weighted by atomic mass is 10.1. The molecule has 106 valence electrons. The topological polar surface area (TPSA) is 32.3 Å². The molecule has 2 unspecified atom stereocenters. The molecule has 1 aliphatic rings. The predicted molar refractivity (Wildman–Crippen MR) is 84.0 cm³/mol. The van der Waals surface area contributed by atoms with Crippen molar-refractivity contribution in [2.75, 3.05) is 25.9 Å². The Balaban J connectivity index is 0.00000180. The van der Waals surface area contributed by atoms with Crippen LogP contribution in [0.25, 0.3) is 0 Å². The highest BCUT2D eigenvalue weighted by Gasteiger charge is 2.27. The van der Waals surface area contributed by atoms with Gasteiger partial charge in [-0.25, -0.2) is 0 Å². The van der Waals surface area contributed by atoms with Gasteiger partial charge in [0, 0.05) is 25.7 Å². The normalized spacial score (nSPS) is 20.5. The number of halogens is 1. The average Bonchev–Trinajstić information content (AvgIpc) is 2.41. The number of thioether (sulfide) groups is 1. The van der Waals surface area contributed by atoms with Gasteiger partial charge < -0.3 is 10.2 Å². The van der Waals surface area contributed by atoms with E-state index in [9.17, 15) is 4.79 Å². The van der Waals surface area contributed by atoms with Crippen LogP contribution in [0.4, 0.5) is 0 Å². The Morgan fingerprint density at radius 1 is 1.42 bits per heavy atom.